The summed E-state index contributed by atoms with van der Waals surface area (Å²) in [5.41, 5.74) is 2.51. The van der Waals surface area contributed by atoms with E-state index in [2.05, 4.69) is 27.8 Å². The van der Waals surface area contributed by atoms with Gasteiger partial charge in [-0.05, 0) is 78.6 Å². The molecule has 1 aromatic heterocycles. The molecule has 0 unspecified atom stereocenters. The van der Waals surface area contributed by atoms with Gasteiger partial charge in [-0.3, -0.25) is 14.6 Å². The van der Waals surface area contributed by atoms with Crippen LogP contribution in [0, 0.1) is 12.8 Å². The van der Waals surface area contributed by atoms with Crippen LogP contribution in [-0.2, 0) is 4.79 Å². The lowest BCUT2D eigenvalue weighted by molar-refractivity contribution is -0.126. The highest BCUT2D eigenvalue weighted by Crippen LogP contribution is 2.54. The number of hydrogen-bond donors (Lipinski definition) is 2. The van der Waals surface area contributed by atoms with Crippen molar-refractivity contribution in [1.82, 2.24) is 15.6 Å². The lowest BCUT2D eigenvalue weighted by Crippen LogP contribution is -2.60. The van der Waals surface area contributed by atoms with E-state index in [4.69, 9.17) is 23.2 Å². The minimum atomic E-state index is -1.02. The molecule has 4 atom stereocenters. The fraction of sp³-hybridized carbons (Fsp3) is 0.296. The summed E-state index contributed by atoms with van der Waals surface area (Å²) in [5.74, 6) is -0.607. The first kappa shape index (κ1) is 22.9. The molecule has 0 bridgehead atoms. The van der Waals surface area contributed by atoms with Crippen LogP contribution in [0.4, 0.5) is 0 Å². The number of aryl methyl sites for hydroxylation is 1. The topological polar surface area (TPSA) is 71.1 Å². The van der Waals surface area contributed by atoms with Gasteiger partial charge >= 0.3 is 0 Å². The Morgan fingerprint density at radius 3 is 2.62 bits per heavy atom. The van der Waals surface area contributed by atoms with Crippen LogP contribution in [0.1, 0.15) is 51.9 Å². The second kappa shape index (κ2) is 9.05. The third-order valence-corrected chi connectivity index (χ3v) is 7.86. The van der Waals surface area contributed by atoms with E-state index in [1.165, 1.54) is 0 Å². The van der Waals surface area contributed by atoms with E-state index in [1.54, 1.807) is 24.4 Å². The number of rotatable bonds is 4. The Balaban J connectivity index is 1.58. The van der Waals surface area contributed by atoms with Crippen molar-refractivity contribution in [3.63, 3.8) is 0 Å². The zero-order valence-corrected chi connectivity index (χ0v) is 20.2. The van der Waals surface area contributed by atoms with E-state index >= 15 is 0 Å². The summed E-state index contributed by atoms with van der Waals surface area (Å²) in [4.78, 5) is 30.6. The van der Waals surface area contributed by atoms with Crippen LogP contribution < -0.4 is 10.6 Å². The smallest absolute Gasteiger partial charge is 0.270 e. The van der Waals surface area contributed by atoms with Crippen molar-refractivity contribution in [2.75, 3.05) is 6.54 Å². The molecule has 0 spiro atoms. The van der Waals surface area contributed by atoms with Gasteiger partial charge in [-0.15, -0.1) is 0 Å². The second-order valence-electron chi connectivity index (χ2n) is 9.20. The van der Waals surface area contributed by atoms with Gasteiger partial charge < -0.3 is 10.6 Å². The largest absolute Gasteiger partial charge is 0.354 e. The van der Waals surface area contributed by atoms with Gasteiger partial charge in [0.05, 0.1) is 0 Å². The number of carbonyl (C=O) groups is 2. The summed E-state index contributed by atoms with van der Waals surface area (Å²) < 4.78 is 0. The molecule has 2 aromatic carbocycles. The number of hydrogen-bond acceptors (Lipinski definition) is 3. The summed E-state index contributed by atoms with van der Waals surface area (Å²) in [6.45, 7) is 2.49. The molecule has 3 aromatic rings. The zero-order chi connectivity index (χ0) is 23.9. The number of fused-ring (bicyclic) bond motifs is 1. The number of nitrogens with zero attached hydrogens (tertiary/aromatic N) is 1. The predicted octanol–water partition coefficient (Wildman–Crippen LogP) is 5.27. The molecule has 2 N–H and O–H groups in total. The molecule has 1 aliphatic heterocycles. The summed E-state index contributed by atoms with van der Waals surface area (Å²) >= 11 is 12.9. The van der Waals surface area contributed by atoms with Crippen LogP contribution in [-0.4, -0.2) is 28.9 Å². The third-order valence-electron chi connectivity index (χ3n) is 7.28. The van der Waals surface area contributed by atoms with E-state index in [-0.39, 0.29) is 29.6 Å². The molecule has 34 heavy (non-hydrogen) atoms. The maximum atomic E-state index is 13.3. The van der Waals surface area contributed by atoms with Crippen molar-refractivity contribution in [2.24, 2.45) is 5.92 Å². The summed E-state index contributed by atoms with van der Waals surface area (Å²) in [5, 5.41) is 7.51. The molecule has 5 nitrogen and oxygen atoms in total. The minimum Gasteiger partial charge on any atom is -0.354 e. The lowest BCUT2D eigenvalue weighted by Gasteiger charge is -2.46. The van der Waals surface area contributed by atoms with Crippen molar-refractivity contribution < 1.29 is 9.59 Å². The van der Waals surface area contributed by atoms with Crippen LogP contribution in [0.3, 0.4) is 0 Å². The van der Waals surface area contributed by atoms with Crippen LogP contribution in [0.25, 0.3) is 0 Å². The molecule has 5 rings (SSSR count). The Hall–Kier alpha value is -2.89. The molecule has 1 saturated heterocycles. The molecule has 7 heteroatoms. The molecule has 2 aliphatic rings. The van der Waals surface area contributed by atoms with Gasteiger partial charge in [-0.25, -0.2) is 0 Å². The minimum absolute atomic E-state index is 0.0470. The number of aromatic nitrogens is 1. The van der Waals surface area contributed by atoms with Crippen molar-refractivity contribution >= 4 is 35.0 Å². The SMILES string of the molecule is Cc1ccc([C@@H]2CC[C@@]3(NC(=O)c4ccccn4)C(=O)NC[C@H]3[C@H]2c2ccc(Cl)cc2)c(Cl)c1. The number of pyridine rings is 1. The highest BCUT2D eigenvalue weighted by molar-refractivity contribution is 6.31. The first-order chi connectivity index (χ1) is 16.4. The quantitative estimate of drug-likeness (QED) is 0.519. The van der Waals surface area contributed by atoms with Gasteiger partial charge in [0.2, 0.25) is 5.91 Å². The van der Waals surface area contributed by atoms with Gasteiger partial charge in [-0.1, -0.05) is 53.5 Å². The van der Waals surface area contributed by atoms with Gasteiger partial charge in [0.25, 0.3) is 5.91 Å². The molecule has 2 heterocycles. The maximum absolute atomic E-state index is 13.3. The van der Waals surface area contributed by atoms with Crippen LogP contribution in [0.15, 0.2) is 66.9 Å². The first-order valence-corrected chi connectivity index (χ1v) is 12.2. The van der Waals surface area contributed by atoms with E-state index in [0.29, 0.717) is 30.1 Å². The molecule has 0 radical (unpaired) electrons. The third kappa shape index (κ3) is 3.97. The summed E-state index contributed by atoms with van der Waals surface area (Å²) in [7, 11) is 0. The first-order valence-electron chi connectivity index (χ1n) is 11.4. The summed E-state index contributed by atoms with van der Waals surface area (Å²) in [6.07, 6.45) is 2.79. The summed E-state index contributed by atoms with van der Waals surface area (Å²) in [6, 6.07) is 19.1. The second-order valence-corrected chi connectivity index (χ2v) is 10.0. The monoisotopic (exact) mass is 493 g/mol. The van der Waals surface area contributed by atoms with Crippen molar-refractivity contribution in [2.45, 2.75) is 37.1 Å². The van der Waals surface area contributed by atoms with Gasteiger partial charge in [0, 0.05) is 28.7 Å². The van der Waals surface area contributed by atoms with Crippen LogP contribution in [0.5, 0.6) is 0 Å². The van der Waals surface area contributed by atoms with E-state index in [0.717, 1.165) is 21.7 Å². The maximum Gasteiger partial charge on any atom is 0.270 e. The van der Waals surface area contributed by atoms with E-state index < -0.39 is 5.54 Å². The Morgan fingerprint density at radius 1 is 1.12 bits per heavy atom. The van der Waals surface area contributed by atoms with E-state index in [9.17, 15) is 9.59 Å². The molecule has 1 saturated carbocycles. The molecular weight excluding hydrogens is 469 g/mol. The highest BCUT2D eigenvalue weighted by Gasteiger charge is 2.58. The molecule has 2 amide bonds. The number of halogens is 2. The van der Waals surface area contributed by atoms with Gasteiger partial charge in [-0.2, -0.15) is 0 Å². The average molecular weight is 494 g/mol. The van der Waals surface area contributed by atoms with E-state index in [1.807, 2.05) is 37.3 Å². The fourth-order valence-corrected chi connectivity index (χ4v) is 6.19. The van der Waals surface area contributed by atoms with Crippen molar-refractivity contribution in [3.05, 3.63) is 99.3 Å². The Labute approximate surface area is 208 Å². The standard InChI is InChI=1S/C27H25Cl2N3O2/c1-16-5-10-19(22(29)14-16)20-11-12-27(32-25(33)23-4-2-3-13-30-23)21(15-31-26(27)34)24(20)17-6-8-18(28)9-7-17/h2-10,13-14,20-21,24H,11-12,15H2,1H3,(H,31,34)(H,32,33)/t20-,21-,24-,27-/m0/s1. The molecule has 2 fully saturated rings. The lowest BCUT2D eigenvalue weighted by atomic mass is 9.60. The average Bonchev–Trinajstić information content (AvgIpc) is 3.16. The highest BCUT2D eigenvalue weighted by atomic mass is 35.5. The Bertz CT molecular complexity index is 1230. The fourth-order valence-electron chi connectivity index (χ4n) is 5.69. The van der Waals surface area contributed by atoms with Crippen LogP contribution in [0.2, 0.25) is 10.0 Å². The van der Waals surface area contributed by atoms with Crippen molar-refractivity contribution in [3.8, 4) is 0 Å². The molecule has 174 valence electrons. The zero-order valence-electron chi connectivity index (χ0n) is 18.7. The Morgan fingerprint density at radius 2 is 1.91 bits per heavy atom. The van der Waals surface area contributed by atoms with Gasteiger partial charge in [0.15, 0.2) is 0 Å². The number of carbonyl (C=O) groups excluding carboxylic acids is 2. The van der Waals surface area contributed by atoms with Crippen LogP contribution >= 0.6 is 23.2 Å². The normalized spacial score (nSPS) is 26.0. The number of benzene rings is 2. The Kier molecular flexibility index (Phi) is 6.09. The molecular formula is C27H25Cl2N3O2. The predicted molar refractivity (Wildman–Crippen MR) is 133 cm³/mol. The van der Waals surface area contributed by atoms with Crippen molar-refractivity contribution in [1.29, 1.82) is 0 Å². The van der Waals surface area contributed by atoms with Gasteiger partial charge in [0.1, 0.15) is 11.2 Å². The number of amides is 2. The number of nitrogens with one attached hydrogen (secondary N) is 2. The molecule has 1 aliphatic carbocycles.